The summed E-state index contributed by atoms with van der Waals surface area (Å²) in [6.45, 7) is 11.6. The Labute approximate surface area is 120 Å². The number of rotatable bonds is 4. The molecule has 0 fully saturated rings. The van der Waals surface area contributed by atoms with Crippen LogP contribution in [0.3, 0.4) is 0 Å². The molecular weight excluding hydrogens is 232 g/mol. The lowest BCUT2D eigenvalue weighted by Gasteiger charge is -2.03. The highest BCUT2D eigenvalue weighted by Crippen LogP contribution is 2.10. The van der Waals surface area contributed by atoms with Gasteiger partial charge in [-0.3, -0.25) is 4.99 Å². The zero-order valence-electron chi connectivity index (χ0n) is 13.7. The van der Waals surface area contributed by atoms with Gasteiger partial charge in [-0.25, -0.2) is 0 Å². The summed E-state index contributed by atoms with van der Waals surface area (Å²) >= 11 is 0. The van der Waals surface area contributed by atoms with E-state index in [9.17, 15) is 0 Å². The maximum absolute atomic E-state index is 4.50. The lowest BCUT2D eigenvalue weighted by atomic mass is 10.0. The fourth-order valence-electron chi connectivity index (χ4n) is 1.46. The Hall–Kier alpha value is -1.15. The Kier molecular flexibility index (Phi) is 15.8. The highest BCUT2D eigenvalue weighted by atomic mass is 14.7. The number of aliphatic imine (C=N–C) groups is 1. The van der Waals surface area contributed by atoms with E-state index in [-0.39, 0.29) is 0 Å². The third kappa shape index (κ3) is 11.7. The normalized spacial score (nSPS) is 9.42. The fourth-order valence-corrected chi connectivity index (χ4v) is 1.46. The van der Waals surface area contributed by atoms with Gasteiger partial charge in [0.25, 0.3) is 0 Å². The van der Waals surface area contributed by atoms with Gasteiger partial charge in [-0.15, -0.1) is 0 Å². The van der Waals surface area contributed by atoms with Crippen LogP contribution < -0.4 is 5.73 Å². The topological polar surface area (TPSA) is 38.4 Å². The van der Waals surface area contributed by atoms with Crippen LogP contribution in [0.25, 0.3) is 0 Å². The standard InChI is InChI=1S/C13H19N.C3H8.CH5N/c1-4-8-14-9-7-13-6-5-11(2)10-12(13)3;1-3-2;1-2/h5-6,9-10H,4,7-8H2,1-3H3;3H2,1-2H3;2H2,1H3. The van der Waals surface area contributed by atoms with Crippen LogP contribution in [0.1, 0.15) is 50.3 Å². The van der Waals surface area contributed by atoms with Crippen molar-refractivity contribution in [3.8, 4) is 0 Å². The third-order valence-electron chi connectivity index (χ3n) is 2.29. The number of nitrogens with two attached hydrogens (primary N) is 1. The van der Waals surface area contributed by atoms with Crippen molar-refractivity contribution in [2.24, 2.45) is 10.7 Å². The molecule has 0 radical (unpaired) electrons. The van der Waals surface area contributed by atoms with Crippen LogP contribution in [-0.2, 0) is 6.42 Å². The molecule has 0 amide bonds. The molecule has 1 rings (SSSR count). The molecule has 0 heterocycles. The minimum atomic E-state index is 0.949. The maximum Gasteiger partial charge on any atom is 0.0382 e. The Balaban J connectivity index is 0. The molecule has 1 aromatic rings. The second-order valence-corrected chi connectivity index (χ2v) is 4.43. The first kappa shape index (κ1) is 20.2. The first-order valence-electron chi connectivity index (χ1n) is 7.27. The number of hydrogen-bond acceptors (Lipinski definition) is 2. The Morgan fingerprint density at radius 1 is 1.11 bits per heavy atom. The highest BCUT2D eigenvalue weighted by molar-refractivity contribution is 5.62. The van der Waals surface area contributed by atoms with E-state index in [0.717, 1.165) is 19.4 Å². The van der Waals surface area contributed by atoms with Gasteiger partial charge in [-0.05, 0) is 38.4 Å². The van der Waals surface area contributed by atoms with Gasteiger partial charge < -0.3 is 5.73 Å². The van der Waals surface area contributed by atoms with E-state index in [1.807, 2.05) is 6.21 Å². The lowest BCUT2D eigenvalue weighted by molar-refractivity contribution is 0.933. The number of nitrogens with zero attached hydrogens (tertiary/aromatic N) is 1. The summed E-state index contributed by atoms with van der Waals surface area (Å²) in [6.07, 6.45) is 5.37. The van der Waals surface area contributed by atoms with Gasteiger partial charge in [0.05, 0.1) is 0 Å². The molecule has 0 aromatic heterocycles. The van der Waals surface area contributed by atoms with Gasteiger partial charge in [-0.1, -0.05) is 51.0 Å². The van der Waals surface area contributed by atoms with Gasteiger partial charge in [0.2, 0.25) is 0 Å². The van der Waals surface area contributed by atoms with Gasteiger partial charge in [-0.2, -0.15) is 0 Å². The monoisotopic (exact) mass is 264 g/mol. The summed E-state index contributed by atoms with van der Waals surface area (Å²) in [5.74, 6) is 0. The van der Waals surface area contributed by atoms with Gasteiger partial charge >= 0.3 is 0 Å². The predicted octanol–water partition coefficient (Wildman–Crippen LogP) is 4.32. The molecule has 0 spiro atoms. The predicted molar refractivity (Wildman–Crippen MR) is 89.3 cm³/mol. The summed E-state index contributed by atoms with van der Waals surface area (Å²) in [5, 5.41) is 0. The molecule has 0 unspecified atom stereocenters. The van der Waals surface area contributed by atoms with Crippen molar-refractivity contribution >= 4 is 6.21 Å². The second-order valence-electron chi connectivity index (χ2n) is 4.43. The van der Waals surface area contributed by atoms with Crippen molar-refractivity contribution in [3.63, 3.8) is 0 Å². The van der Waals surface area contributed by atoms with Crippen LogP contribution in [0.2, 0.25) is 0 Å². The van der Waals surface area contributed by atoms with E-state index >= 15 is 0 Å². The second kappa shape index (κ2) is 14.9. The Morgan fingerprint density at radius 3 is 2.16 bits per heavy atom. The molecule has 110 valence electrons. The van der Waals surface area contributed by atoms with E-state index in [2.05, 4.69) is 63.5 Å². The zero-order valence-corrected chi connectivity index (χ0v) is 13.7. The molecule has 19 heavy (non-hydrogen) atoms. The Bertz CT molecular complexity index is 330. The van der Waals surface area contributed by atoms with E-state index < -0.39 is 0 Å². The smallest absolute Gasteiger partial charge is 0.0382 e. The SMILES string of the molecule is CCC.CCCN=CCc1ccc(C)cc1C.CN. The van der Waals surface area contributed by atoms with Crippen LogP contribution in [0.4, 0.5) is 0 Å². The minimum Gasteiger partial charge on any atom is -0.333 e. The summed E-state index contributed by atoms with van der Waals surface area (Å²) in [7, 11) is 1.50. The van der Waals surface area contributed by atoms with Crippen molar-refractivity contribution in [1.29, 1.82) is 0 Å². The molecule has 0 saturated heterocycles. The van der Waals surface area contributed by atoms with Crippen LogP contribution in [0.5, 0.6) is 0 Å². The zero-order chi connectivity index (χ0) is 15.1. The fraction of sp³-hybridized carbons (Fsp3) is 0.588. The quantitative estimate of drug-likeness (QED) is 0.808. The van der Waals surface area contributed by atoms with E-state index in [1.54, 1.807) is 0 Å². The molecule has 0 aliphatic heterocycles. The molecule has 0 bridgehead atoms. The molecule has 2 N–H and O–H groups in total. The molecular formula is C17H32N2. The summed E-state index contributed by atoms with van der Waals surface area (Å²) in [4.78, 5) is 4.32. The van der Waals surface area contributed by atoms with Crippen LogP contribution in [0.15, 0.2) is 23.2 Å². The first-order valence-corrected chi connectivity index (χ1v) is 7.27. The average molecular weight is 264 g/mol. The number of hydrogen-bond donors (Lipinski definition) is 1. The van der Waals surface area contributed by atoms with Gasteiger partial charge in [0, 0.05) is 19.2 Å². The average Bonchev–Trinajstić information content (AvgIpc) is 2.40. The van der Waals surface area contributed by atoms with Gasteiger partial charge in [0.15, 0.2) is 0 Å². The lowest BCUT2D eigenvalue weighted by Crippen LogP contribution is -1.92. The Morgan fingerprint density at radius 2 is 1.68 bits per heavy atom. The van der Waals surface area contributed by atoms with Crippen molar-refractivity contribution in [1.82, 2.24) is 0 Å². The van der Waals surface area contributed by atoms with E-state index in [1.165, 1.54) is 30.2 Å². The molecule has 0 aliphatic rings. The van der Waals surface area contributed by atoms with Crippen molar-refractivity contribution in [2.45, 2.75) is 53.9 Å². The minimum absolute atomic E-state index is 0.949. The number of benzene rings is 1. The highest BCUT2D eigenvalue weighted by Gasteiger charge is 1.95. The molecule has 1 aromatic carbocycles. The molecule has 2 heteroatoms. The van der Waals surface area contributed by atoms with Crippen LogP contribution >= 0.6 is 0 Å². The van der Waals surface area contributed by atoms with Gasteiger partial charge in [0.1, 0.15) is 0 Å². The van der Waals surface area contributed by atoms with Crippen molar-refractivity contribution < 1.29 is 0 Å². The summed E-state index contributed by atoms with van der Waals surface area (Å²) in [5.41, 5.74) is 8.58. The summed E-state index contributed by atoms with van der Waals surface area (Å²) < 4.78 is 0. The third-order valence-corrected chi connectivity index (χ3v) is 2.29. The van der Waals surface area contributed by atoms with Crippen LogP contribution in [0, 0.1) is 13.8 Å². The van der Waals surface area contributed by atoms with E-state index in [4.69, 9.17) is 0 Å². The van der Waals surface area contributed by atoms with Crippen molar-refractivity contribution in [2.75, 3.05) is 13.6 Å². The first-order chi connectivity index (χ1) is 9.15. The largest absolute Gasteiger partial charge is 0.333 e. The molecule has 0 aliphatic carbocycles. The van der Waals surface area contributed by atoms with Crippen molar-refractivity contribution in [3.05, 3.63) is 34.9 Å². The maximum atomic E-state index is 4.50. The van der Waals surface area contributed by atoms with Crippen LogP contribution in [-0.4, -0.2) is 19.8 Å². The molecule has 2 nitrogen and oxygen atoms in total. The molecule has 0 atom stereocenters. The number of aryl methyl sites for hydroxylation is 2. The molecule has 0 saturated carbocycles. The van der Waals surface area contributed by atoms with E-state index in [0.29, 0.717) is 0 Å². The summed E-state index contributed by atoms with van der Waals surface area (Å²) in [6, 6.07) is 6.58.